The van der Waals surface area contributed by atoms with E-state index < -0.39 is 0 Å². The Morgan fingerprint density at radius 1 is 1.15 bits per heavy atom. The van der Waals surface area contributed by atoms with Gasteiger partial charge in [0, 0.05) is 28.0 Å². The number of aromatic nitrogens is 2. The number of fused-ring (bicyclic) bond motifs is 1. The van der Waals surface area contributed by atoms with Crippen LogP contribution in [0.3, 0.4) is 0 Å². The van der Waals surface area contributed by atoms with Crippen molar-refractivity contribution in [1.29, 1.82) is 0 Å². The highest BCUT2D eigenvalue weighted by molar-refractivity contribution is 7.17. The van der Waals surface area contributed by atoms with Crippen LogP contribution in [0.25, 0.3) is 4.96 Å². The Morgan fingerprint density at radius 3 is 2.59 bits per heavy atom. The molecule has 0 aliphatic rings. The van der Waals surface area contributed by atoms with Crippen molar-refractivity contribution in [3.05, 3.63) is 82.1 Å². The van der Waals surface area contributed by atoms with Gasteiger partial charge in [-0.25, -0.2) is 4.98 Å². The molecular formula is C20H16ClN3O2S. The molecule has 0 aliphatic carbocycles. The number of imidazole rings is 1. The van der Waals surface area contributed by atoms with Crippen molar-refractivity contribution in [3.63, 3.8) is 0 Å². The van der Waals surface area contributed by atoms with Gasteiger partial charge in [0.15, 0.2) is 4.96 Å². The van der Waals surface area contributed by atoms with Crippen molar-refractivity contribution < 1.29 is 9.53 Å². The third-order valence-corrected chi connectivity index (χ3v) is 5.10. The largest absolute Gasteiger partial charge is 0.489 e. The Bertz CT molecular complexity index is 1050. The molecule has 2 aromatic heterocycles. The van der Waals surface area contributed by atoms with E-state index >= 15 is 0 Å². The minimum Gasteiger partial charge on any atom is -0.489 e. The van der Waals surface area contributed by atoms with Crippen LogP contribution >= 0.6 is 22.9 Å². The van der Waals surface area contributed by atoms with Crippen molar-refractivity contribution in [2.75, 3.05) is 5.32 Å². The van der Waals surface area contributed by atoms with Crippen LogP contribution < -0.4 is 10.1 Å². The first kappa shape index (κ1) is 17.6. The average molecular weight is 398 g/mol. The molecule has 5 nitrogen and oxygen atoms in total. The zero-order chi connectivity index (χ0) is 18.8. The molecule has 7 heteroatoms. The fourth-order valence-electron chi connectivity index (χ4n) is 2.60. The molecule has 27 heavy (non-hydrogen) atoms. The number of carbonyl (C=O) groups is 1. The first-order valence-corrected chi connectivity index (χ1v) is 9.50. The minimum absolute atomic E-state index is 0.238. The highest BCUT2D eigenvalue weighted by atomic mass is 35.5. The molecule has 4 aromatic rings. The number of hydrogen-bond acceptors (Lipinski definition) is 4. The van der Waals surface area contributed by atoms with Gasteiger partial charge in [-0.2, -0.15) is 0 Å². The van der Waals surface area contributed by atoms with Crippen LogP contribution in [0.4, 0.5) is 5.69 Å². The number of thiazole rings is 1. The van der Waals surface area contributed by atoms with Gasteiger partial charge in [-0.3, -0.25) is 9.20 Å². The summed E-state index contributed by atoms with van der Waals surface area (Å²) in [5.41, 5.74) is 2.11. The van der Waals surface area contributed by atoms with E-state index in [1.807, 2.05) is 53.9 Å². The summed E-state index contributed by atoms with van der Waals surface area (Å²) in [5, 5.41) is 3.55. The first-order chi connectivity index (χ1) is 13.1. The number of ether oxygens (including phenoxy) is 1. The molecule has 2 aromatic carbocycles. The monoisotopic (exact) mass is 397 g/mol. The molecule has 0 unspecified atom stereocenters. The molecule has 0 spiro atoms. The zero-order valence-electron chi connectivity index (χ0n) is 14.5. The van der Waals surface area contributed by atoms with E-state index in [2.05, 4.69) is 10.3 Å². The molecule has 0 fully saturated rings. The second kappa shape index (κ2) is 7.42. The summed E-state index contributed by atoms with van der Waals surface area (Å²) in [4.78, 5) is 18.7. The van der Waals surface area contributed by atoms with E-state index in [0.29, 0.717) is 23.0 Å². The van der Waals surface area contributed by atoms with Crippen LogP contribution in [0.15, 0.2) is 60.9 Å². The van der Waals surface area contributed by atoms with Gasteiger partial charge in [-0.15, -0.1) is 11.3 Å². The molecule has 1 amide bonds. The number of anilines is 1. The lowest BCUT2D eigenvalue weighted by molar-refractivity contribution is 0.102. The lowest BCUT2D eigenvalue weighted by Gasteiger charge is -2.08. The van der Waals surface area contributed by atoms with Gasteiger partial charge in [-0.05, 0) is 48.9 Å². The Balaban J connectivity index is 1.37. The zero-order valence-corrected chi connectivity index (χ0v) is 16.1. The smallest absolute Gasteiger partial charge is 0.275 e. The van der Waals surface area contributed by atoms with Gasteiger partial charge in [0.25, 0.3) is 5.91 Å². The fourth-order valence-corrected chi connectivity index (χ4v) is 3.53. The van der Waals surface area contributed by atoms with Crippen LogP contribution in [0.5, 0.6) is 5.75 Å². The molecule has 136 valence electrons. The van der Waals surface area contributed by atoms with E-state index in [9.17, 15) is 4.79 Å². The number of nitrogens with zero attached hydrogens (tertiary/aromatic N) is 2. The second-order valence-corrected chi connectivity index (χ2v) is 7.70. The minimum atomic E-state index is -0.238. The molecule has 0 atom stereocenters. The summed E-state index contributed by atoms with van der Waals surface area (Å²) in [6.07, 6.45) is 3.69. The van der Waals surface area contributed by atoms with Crippen LogP contribution in [0.1, 0.15) is 20.9 Å². The normalized spacial score (nSPS) is 10.9. The summed E-state index contributed by atoms with van der Waals surface area (Å²) < 4.78 is 7.61. The van der Waals surface area contributed by atoms with E-state index in [4.69, 9.17) is 16.3 Å². The summed E-state index contributed by atoms with van der Waals surface area (Å²) >= 11 is 7.43. The number of nitrogens with one attached hydrogen (secondary N) is 1. The van der Waals surface area contributed by atoms with Gasteiger partial charge in [-0.1, -0.05) is 23.7 Å². The Labute approximate surface area is 165 Å². The highest BCUT2D eigenvalue weighted by Gasteiger charge is 2.12. The molecule has 0 aliphatic heterocycles. The number of carbonyl (C=O) groups excluding carboxylic acids is 1. The van der Waals surface area contributed by atoms with Crippen molar-refractivity contribution in [3.8, 4) is 5.75 Å². The molecular weight excluding hydrogens is 382 g/mol. The number of aryl methyl sites for hydroxylation is 1. The van der Waals surface area contributed by atoms with Gasteiger partial charge in [0.05, 0.1) is 0 Å². The number of rotatable bonds is 5. The quantitative estimate of drug-likeness (QED) is 0.504. The van der Waals surface area contributed by atoms with Gasteiger partial charge in [0.1, 0.15) is 18.1 Å². The second-order valence-electron chi connectivity index (χ2n) is 6.05. The lowest BCUT2D eigenvalue weighted by atomic mass is 10.2. The Morgan fingerprint density at radius 2 is 1.89 bits per heavy atom. The maximum Gasteiger partial charge on any atom is 0.275 e. The molecule has 0 bridgehead atoms. The molecule has 0 saturated carbocycles. The van der Waals surface area contributed by atoms with Gasteiger partial charge < -0.3 is 10.1 Å². The Hall–Kier alpha value is -2.83. The molecule has 2 heterocycles. The van der Waals surface area contributed by atoms with E-state index in [1.54, 1.807) is 29.7 Å². The van der Waals surface area contributed by atoms with Crippen molar-refractivity contribution in [2.24, 2.45) is 0 Å². The van der Waals surface area contributed by atoms with Crippen LogP contribution in [0, 0.1) is 6.92 Å². The SMILES string of the molecule is Cc1cn2cc(C(=O)Nc3ccc(OCc4ccc(Cl)cc4)cc3)nc2s1. The molecule has 0 saturated heterocycles. The number of halogens is 1. The number of hydrogen-bond donors (Lipinski definition) is 1. The van der Waals surface area contributed by atoms with Crippen LogP contribution in [-0.4, -0.2) is 15.3 Å². The van der Waals surface area contributed by atoms with E-state index in [0.717, 1.165) is 21.2 Å². The van der Waals surface area contributed by atoms with Crippen molar-refractivity contribution in [1.82, 2.24) is 9.38 Å². The van der Waals surface area contributed by atoms with E-state index in [-0.39, 0.29) is 5.91 Å². The summed E-state index contributed by atoms with van der Waals surface area (Å²) in [7, 11) is 0. The summed E-state index contributed by atoms with van der Waals surface area (Å²) in [6.45, 7) is 2.46. The third kappa shape index (κ3) is 4.13. The first-order valence-electron chi connectivity index (χ1n) is 8.31. The maximum atomic E-state index is 12.4. The van der Waals surface area contributed by atoms with Crippen LogP contribution in [-0.2, 0) is 6.61 Å². The van der Waals surface area contributed by atoms with Crippen molar-refractivity contribution >= 4 is 39.5 Å². The lowest BCUT2D eigenvalue weighted by Crippen LogP contribution is -2.12. The standard InChI is InChI=1S/C20H16ClN3O2S/c1-13-10-24-11-18(23-20(24)27-13)19(25)22-16-6-8-17(9-7-16)26-12-14-2-4-15(21)5-3-14/h2-11H,12H2,1H3,(H,22,25). The van der Waals surface area contributed by atoms with Gasteiger partial charge in [0.2, 0.25) is 0 Å². The predicted octanol–water partition coefficient (Wildman–Crippen LogP) is 5.19. The van der Waals surface area contributed by atoms with Crippen molar-refractivity contribution in [2.45, 2.75) is 13.5 Å². The Kier molecular flexibility index (Phi) is 4.83. The number of benzene rings is 2. The van der Waals surface area contributed by atoms with Gasteiger partial charge >= 0.3 is 0 Å². The average Bonchev–Trinajstić information content (AvgIpc) is 3.20. The maximum absolute atomic E-state index is 12.4. The fraction of sp³-hybridized carbons (Fsp3) is 0.100. The summed E-state index contributed by atoms with van der Waals surface area (Å²) in [6, 6.07) is 14.8. The molecule has 4 rings (SSSR count). The van der Waals surface area contributed by atoms with E-state index in [1.165, 1.54) is 0 Å². The highest BCUT2D eigenvalue weighted by Crippen LogP contribution is 2.20. The van der Waals surface area contributed by atoms with Crippen LogP contribution in [0.2, 0.25) is 5.02 Å². The number of amides is 1. The summed E-state index contributed by atoms with van der Waals surface area (Å²) in [5.74, 6) is 0.485. The predicted molar refractivity (Wildman–Crippen MR) is 108 cm³/mol. The molecule has 0 radical (unpaired) electrons. The molecule has 1 N–H and O–H groups in total. The topological polar surface area (TPSA) is 55.6 Å². The third-order valence-electron chi connectivity index (χ3n) is 3.94.